The second-order valence-corrected chi connectivity index (χ2v) is 9.09. The van der Waals surface area contributed by atoms with Gasteiger partial charge in [-0.15, -0.1) is 0 Å². The SMILES string of the molecule is Cc1cccc(NC(=O)CCCCCN2C(=O)/C(=C/c3ccccc3C)SC2=S)c1. The molecule has 0 spiro atoms. The van der Waals surface area contributed by atoms with Gasteiger partial charge in [0.2, 0.25) is 5.91 Å². The van der Waals surface area contributed by atoms with Crippen LogP contribution < -0.4 is 5.32 Å². The largest absolute Gasteiger partial charge is 0.326 e. The fraction of sp³-hybridized carbons (Fsp3) is 0.292. The highest BCUT2D eigenvalue weighted by Gasteiger charge is 2.31. The number of rotatable bonds is 8. The van der Waals surface area contributed by atoms with Crippen molar-refractivity contribution in [3.63, 3.8) is 0 Å². The van der Waals surface area contributed by atoms with E-state index in [-0.39, 0.29) is 11.8 Å². The Bertz CT molecular complexity index is 985. The quantitative estimate of drug-likeness (QED) is 0.326. The Morgan fingerprint density at radius 1 is 1.10 bits per heavy atom. The van der Waals surface area contributed by atoms with E-state index in [4.69, 9.17) is 12.2 Å². The van der Waals surface area contributed by atoms with Gasteiger partial charge < -0.3 is 5.32 Å². The Morgan fingerprint density at radius 2 is 1.90 bits per heavy atom. The molecular weight excluding hydrogens is 412 g/mol. The lowest BCUT2D eigenvalue weighted by atomic mass is 10.1. The molecule has 1 aliphatic heterocycles. The van der Waals surface area contributed by atoms with Crippen molar-refractivity contribution in [2.45, 2.75) is 39.5 Å². The van der Waals surface area contributed by atoms with Gasteiger partial charge in [0.05, 0.1) is 4.91 Å². The van der Waals surface area contributed by atoms with Gasteiger partial charge in [-0.25, -0.2) is 0 Å². The number of carbonyl (C=O) groups is 2. The predicted octanol–water partition coefficient (Wildman–Crippen LogP) is 5.70. The molecule has 0 unspecified atom stereocenters. The van der Waals surface area contributed by atoms with E-state index in [1.165, 1.54) is 11.8 Å². The number of benzene rings is 2. The van der Waals surface area contributed by atoms with Gasteiger partial charge in [0, 0.05) is 18.7 Å². The van der Waals surface area contributed by atoms with Gasteiger partial charge in [-0.1, -0.05) is 66.8 Å². The number of anilines is 1. The maximum Gasteiger partial charge on any atom is 0.266 e. The van der Waals surface area contributed by atoms with E-state index in [9.17, 15) is 9.59 Å². The molecule has 1 aliphatic rings. The zero-order valence-electron chi connectivity index (χ0n) is 17.3. The summed E-state index contributed by atoms with van der Waals surface area (Å²) in [5.41, 5.74) is 4.12. The van der Waals surface area contributed by atoms with Crippen molar-refractivity contribution in [2.24, 2.45) is 0 Å². The molecule has 1 N–H and O–H groups in total. The second-order valence-electron chi connectivity index (χ2n) is 7.42. The third kappa shape index (κ3) is 6.03. The Balaban J connectivity index is 1.42. The van der Waals surface area contributed by atoms with Crippen LogP contribution in [0.15, 0.2) is 53.4 Å². The molecular formula is C24H26N2O2S2. The van der Waals surface area contributed by atoms with Crippen LogP contribution in [0, 0.1) is 13.8 Å². The van der Waals surface area contributed by atoms with Crippen LogP contribution in [0.5, 0.6) is 0 Å². The van der Waals surface area contributed by atoms with Gasteiger partial charge in [-0.2, -0.15) is 0 Å². The number of unbranched alkanes of at least 4 members (excludes halogenated alkanes) is 2. The monoisotopic (exact) mass is 438 g/mol. The Kier molecular flexibility index (Phi) is 7.82. The molecule has 2 aromatic rings. The predicted molar refractivity (Wildman–Crippen MR) is 129 cm³/mol. The molecule has 2 amide bonds. The van der Waals surface area contributed by atoms with Crippen LogP contribution in [0.4, 0.5) is 5.69 Å². The zero-order valence-corrected chi connectivity index (χ0v) is 18.9. The summed E-state index contributed by atoms with van der Waals surface area (Å²) in [6, 6.07) is 15.8. The van der Waals surface area contributed by atoms with Crippen LogP contribution in [-0.4, -0.2) is 27.6 Å². The minimum absolute atomic E-state index is 0.0207. The number of hydrogen-bond donors (Lipinski definition) is 1. The maximum absolute atomic E-state index is 12.7. The van der Waals surface area contributed by atoms with Gasteiger partial charge in [-0.05, 0) is 61.6 Å². The number of nitrogens with zero attached hydrogens (tertiary/aromatic N) is 1. The van der Waals surface area contributed by atoms with E-state index in [0.717, 1.165) is 41.6 Å². The minimum Gasteiger partial charge on any atom is -0.326 e. The molecule has 1 saturated heterocycles. The van der Waals surface area contributed by atoms with Crippen molar-refractivity contribution < 1.29 is 9.59 Å². The van der Waals surface area contributed by atoms with Gasteiger partial charge >= 0.3 is 0 Å². The first kappa shape index (κ1) is 22.2. The summed E-state index contributed by atoms with van der Waals surface area (Å²) in [5.74, 6) is -0.00202. The Labute approximate surface area is 187 Å². The first-order chi connectivity index (χ1) is 14.4. The van der Waals surface area contributed by atoms with Gasteiger partial charge in [0.15, 0.2) is 0 Å². The van der Waals surface area contributed by atoms with E-state index in [1.54, 1.807) is 4.90 Å². The van der Waals surface area contributed by atoms with Crippen molar-refractivity contribution in [1.29, 1.82) is 0 Å². The molecule has 3 rings (SSSR count). The number of thioether (sulfide) groups is 1. The third-order valence-electron chi connectivity index (χ3n) is 4.94. The number of carbonyl (C=O) groups excluding carboxylic acids is 2. The first-order valence-corrected chi connectivity index (χ1v) is 11.3. The fourth-order valence-corrected chi connectivity index (χ4v) is 4.56. The molecule has 1 fully saturated rings. The number of aryl methyl sites for hydroxylation is 2. The van der Waals surface area contributed by atoms with E-state index >= 15 is 0 Å². The molecule has 0 saturated carbocycles. The molecule has 6 heteroatoms. The van der Waals surface area contributed by atoms with Crippen LogP contribution in [0.3, 0.4) is 0 Å². The molecule has 0 radical (unpaired) electrons. The number of hydrogen-bond acceptors (Lipinski definition) is 4. The molecule has 4 nitrogen and oxygen atoms in total. The summed E-state index contributed by atoms with van der Waals surface area (Å²) in [6.07, 6.45) is 4.87. The highest BCUT2D eigenvalue weighted by atomic mass is 32.2. The second kappa shape index (κ2) is 10.5. The van der Waals surface area contributed by atoms with Gasteiger partial charge in [0.1, 0.15) is 4.32 Å². The number of nitrogens with one attached hydrogen (secondary N) is 1. The van der Waals surface area contributed by atoms with Crippen molar-refractivity contribution in [2.75, 3.05) is 11.9 Å². The molecule has 0 atom stereocenters. The zero-order chi connectivity index (χ0) is 21.5. The lowest BCUT2D eigenvalue weighted by Gasteiger charge is -2.14. The average Bonchev–Trinajstić information content (AvgIpc) is 2.96. The molecule has 156 valence electrons. The average molecular weight is 439 g/mol. The summed E-state index contributed by atoms with van der Waals surface area (Å²) in [4.78, 5) is 27.2. The van der Waals surface area contributed by atoms with Crippen LogP contribution in [0.1, 0.15) is 42.4 Å². The highest BCUT2D eigenvalue weighted by molar-refractivity contribution is 8.26. The first-order valence-electron chi connectivity index (χ1n) is 10.1. The van der Waals surface area contributed by atoms with Crippen LogP contribution in [0.2, 0.25) is 0 Å². The number of amides is 2. The Morgan fingerprint density at radius 3 is 2.67 bits per heavy atom. The summed E-state index contributed by atoms with van der Waals surface area (Å²) >= 11 is 6.77. The fourth-order valence-electron chi connectivity index (χ4n) is 3.26. The molecule has 1 heterocycles. The van der Waals surface area contributed by atoms with Crippen molar-refractivity contribution in [1.82, 2.24) is 4.90 Å². The summed E-state index contributed by atoms with van der Waals surface area (Å²) < 4.78 is 0.608. The van der Waals surface area contributed by atoms with E-state index in [1.807, 2.05) is 68.5 Å². The van der Waals surface area contributed by atoms with Crippen molar-refractivity contribution in [3.8, 4) is 0 Å². The van der Waals surface area contributed by atoms with Crippen LogP contribution >= 0.6 is 24.0 Å². The van der Waals surface area contributed by atoms with Gasteiger partial charge in [-0.3, -0.25) is 14.5 Å². The standard InChI is InChI=1S/C24H26N2O2S2/c1-17-9-8-12-20(15-17)25-22(27)13-4-3-7-14-26-23(28)21(30-24(26)29)16-19-11-6-5-10-18(19)2/h5-6,8-12,15-16H,3-4,7,13-14H2,1-2H3,(H,25,27)/b21-16-. The third-order valence-corrected chi connectivity index (χ3v) is 6.31. The molecule has 0 bridgehead atoms. The Hall–Kier alpha value is -2.44. The summed E-state index contributed by atoms with van der Waals surface area (Å²) in [6.45, 7) is 4.62. The van der Waals surface area contributed by atoms with E-state index in [0.29, 0.717) is 22.2 Å². The minimum atomic E-state index is -0.0227. The molecule has 0 aromatic heterocycles. The topological polar surface area (TPSA) is 49.4 Å². The van der Waals surface area contributed by atoms with Crippen LogP contribution in [0.25, 0.3) is 6.08 Å². The molecule has 0 aliphatic carbocycles. The van der Waals surface area contributed by atoms with Crippen LogP contribution in [-0.2, 0) is 9.59 Å². The summed E-state index contributed by atoms with van der Waals surface area (Å²) in [5, 5.41) is 2.93. The van der Waals surface area contributed by atoms with Crippen molar-refractivity contribution in [3.05, 3.63) is 70.1 Å². The smallest absolute Gasteiger partial charge is 0.266 e. The maximum atomic E-state index is 12.7. The van der Waals surface area contributed by atoms with Gasteiger partial charge in [0.25, 0.3) is 5.91 Å². The lowest BCUT2D eigenvalue weighted by molar-refractivity contribution is -0.122. The highest BCUT2D eigenvalue weighted by Crippen LogP contribution is 2.33. The molecule has 2 aromatic carbocycles. The normalized spacial score (nSPS) is 15.1. The number of thiocarbonyl (C=S) groups is 1. The summed E-state index contributed by atoms with van der Waals surface area (Å²) in [7, 11) is 0. The lowest BCUT2D eigenvalue weighted by Crippen LogP contribution is -2.29. The molecule has 30 heavy (non-hydrogen) atoms. The van der Waals surface area contributed by atoms with E-state index < -0.39 is 0 Å². The van der Waals surface area contributed by atoms with E-state index in [2.05, 4.69) is 5.32 Å². The van der Waals surface area contributed by atoms with Crippen molar-refractivity contribution >= 4 is 51.9 Å².